The van der Waals surface area contributed by atoms with Crippen molar-refractivity contribution in [1.29, 1.82) is 0 Å². The number of nitrogens with zero attached hydrogens (tertiary/aromatic N) is 3. The number of ether oxygens (including phenoxy) is 1. The molecule has 2 amide bonds. The summed E-state index contributed by atoms with van der Waals surface area (Å²) in [4.78, 5) is 35.2. The van der Waals surface area contributed by atoms with Crippen LogP contribution < -0.4 is 4.74 Å². The summed E-state index contributed by atoms with van der Waals surface area (Å²) < 4.78 is 5.96. The molecule has 41 heavy (non-hydrogen) atoms. The molecule has 1 aliphatic heterocycles. The average molecular weight is 582 g/mol. The molecular weight excluding hydrogens is 557 g/mol. The highest BCUT2D eigenvalue weighted by Gasteiger charge is 2.34. The second kappa shape index (κ2) is 11.0. The van der Waals surface area contributed by atoms with E-state index in [2.05, 4.69) is 0 Å². The number of imide groups is 1. The fraction of sp³-hybridized carbons (Fsp3) is 0.121. The third kappa shape index (κ3) is 5.18. The van der Waals surface area contributed by atoms with Crippen molar-refractivity contribution in [3.05, 3.63) is 112 Å². The second-order valence-electron chi connectivity index (χ2n) is 10.1. The number of carbonyl (C=O) groups is 2. The minimum absolute atomic E-state index is 0.258. The van der Waals surface area contributed by atoms with E-state index in [0.717, 1.165) is 21.7 Å². The van der Waals surface area contributed by atoms with Gasteiger partial charge in [-0.25, -0.2) is 0 Å². The van der Waals surface area contributed by atoms with Gasteiger partial charge in [-0.2, -0.15) is 0 Å². The normalized spacial score (nSPS) is 13.2. The van der Waals surface area contributed by atoms with Crippen molar-refractivity contribution in [3.63, 3.8) is 0 Å². The number of benzene rings is 5. The molecule has 1 aliphatic rings. The Hall–Kier alpha value is -4.23. The van der Waals surface area contributed by atoms with Crippen LogP contribution in [-0.4, -0.2) is 55.0 Å². The Labute approximate surface area is 247 Å². The topological polar surface area (TPSA) is 62.2 Å². The maximum Gasteiger partial charge on any atom is 0.262 e. The first kappa shape index (κ1) is 27.0. The summed E-state index contributed by atoms with van der Waals surface area (Å²) in [7, 11) is 3.84. The summed E-state index contributed by atoms with van der Waals surface area (Å²) >= 11 is 12.1. The van der Waals surface area contributed by atoms with E-state index in [0.29, 0.717) is 56.8 Å². The summed E-state index contributed by atoms with van der Waals surface area (Å²) in [6, 6.07) is 26.0. The van der Waals surface area contributed by atoms with E-state index < -0.39 is 0 Å². The summed E-state index contributed by atoms with van der Waals surface area (Å²) in [6.07, 6.45) is 1.76. The molecule has 1 heterocycles. The lowest BCUT2D eigenvalue weighted by Crippen LogP contribution is -2.43. The lowest BCUT2D eigenvalue weighted by molar-refractivity contribution is 0.0602. The molecule has 6 nitrogen and oxygen atoms in total. The molecule has 0 unspecified atom stereocenters. The van der Waals surface area contributed by atoms with Crippen LogP contribution in [0.15, 0.2) is 89.9 Å². The largest absolute Gasteiger partial charge is 0.457 e. The lowest BCUT2D eigenvalue weighted by atomic mass is 9.89. The molecule has 0 atom stereocenters. The van der Waals surface area contributed by atoms with Gasteiger partial charge in [0.25, 0.3) is 11.8 Å². The molecule has 6 rings (SSSR count). The summed E-state index contributed by atoms with van der Waals surface area (Å²) in [5.74, 6) is 0.665. The minimum Gasteiger partial charge on any atom is -0.457 e. The van der Waals surface area contributed by atoms with Gasteiger partial charge in [0, 0.05) is 41.7 Å². The third-order valence-corrected chi connectivity index (χ3v) is 7.78. The minimum atomic E-state index is -0.278. The maximum atomic E-state index is 13.8. The summed E-state index contributed by atoms with van der Waals surface area (Å²) in [5, 5.41) is 4.01. The Balaban J connectivity index is 1.39. The molecule has 0 radical (unpaired) electrons. The first-order chi connectivity index (χ1) is 19.8. The smallest absolute Gasteiger partial charge is 0.262 e. The van der Waals surface area contributed by atoms with Crippen molar-refractivity contribution in [3.8, 4) is 11.5 Å². The van der Waals surface area contributed by atoms with Gasteiger partial charge >= 0.3 is 0 Å². The second-order valence-corrected chi connectivity index (χ2v) is 10.9. The molecule has 0 saturated carbocycles. The fourth-order valence-corrected chi connectivity index (χ4v) is 5.34. The third-order valence-electron chi connectivity index (χ3n) is 7.04. The van der Waals surface area contributed by atoms with E-state index in [1.807, 2.05) is 79.7 Å². The zero-order valence-corrected chi connectivity index (χ0v) is 23.9. The van der Waals surface area contributed by atoms with Crippen LogP contribution in [0.1, 0.15) is 26.3 Å². The van der Waals surface area contributed by atoms with Gasteiger partial charge in [0.2, 0.25) is 0 Å². The van der Waals surface area contributed by atoms with Crippen molar-refractivity contribution >= 4 is 68.5 Å². The Morgan fingerprint density at radius 3 is 2.41 bits per heavy atom. The summed E-state index contributed by atoms with van der Waals surface area (Å²) in [6.45, 7) is 0.895. The van der Waals surface area contributed by atoms with E-state index >= 15 is 0 Å². The molecule has 0 bridgehead atoms. The molecule has 0 saturated heterocycles. The fourth-order valence-electron chi connectivity index (χ4n) is 5.05. The van der Waals surface area contributed by atoms with Crippen LogP contribution in [-0.2, 0) is 0 Å². The molecular formula is C33H25Cl2N3O3. The zero-order chi connectivity index (χ0) is 28.7. The molecule has 0 fully saturated rings. The van der Waals surface area contributed by atoms with Crippen molar-refractivity contribution in [2.75, 3.05) is 27.2 Å². The number of fused-ring (bicyclic) bond motifs is 2. The van der Waals surface area contributed by atoms with E-state index in [-0.39, 0.29) is 11.8 Å². The van der Waals surface area contributed by atoms with Crippen molar-refractivity contribution in [2.24, 2.45) is 4.99 Å². The number of rotatable bonds is 7. The van der Waals surface area contributed by atoms with Crippen molar-refractivity contribution in [2.45, 2.75) is 0 Å². The number of hydrogen-bond donors (Lipinski definition) is 0. The summed E-state index contributed by atoms with van der Waals surface area (Å²) in [5.41, 5.74) is 2.64. The first-order valence-corrected chi connectivity index (χ1v) is 13.8. The van der Waals surface area contributed by atoms with E-state index in [9.17, 15) is 9.59 Å². The molecule has 0 aliphatic carbocycles. The molecule has 5 aromatic carbocycles. The van der Waals surface area contributed by atoms with Gasteiger partial charge < -0.3 is 9.64 Å². The van der Waals surface area contributed by atoms with Crippen LogP contribution in [0.3, 0.4) is 0 Å². The number of likely N-dealkylation sites (N-methyl/N-ethyl adjacent to an activating group) is 1. The van der Waals surface area contributed by atoms with E-state index in [1.165, 1.54) is 4.90 Å². The Morgan fingerprint density at radius 1 is 0.829 bits per heavy atom. The maximum absolute atomic E-state index is 13.8. The quantitative estimate of drug-likeness (QED) is 0.111. The SMILES string of the molecule is CN(C)CCN1C(=O)c2cccc3cc4c(N=Cc5cccc(Oc6ccc(Cl)c(Cl)c6)c5)cccc4c(c23)C1=O. The highest BCUT2D eigenvalue weighted by molar-refractivity contribution is 6.42. The Morgan fingerprint density at radius 2 is 1.61 bits per heavy atom. The predicted molar refractivity (Wildman–Crippen MR) is 166 cm³/mol. The predicted octanol–water partition coefficient (Wildman–Crippen LogP) is 8.00. The van der Waals surface area contributed by atoms with Crippen LogP contribution in [0, 0.1) is 0 Å². The Kier molecular flexibility index (Phi) is 7.22. The van der Waals surface area contributed by atoms with Gasteiger partial charge in [-0.1, -0.05) is 59.6 Å². The molecule has 0 N–H and O–H groups in total. The van der Waals surface area contributed by atoms with Gasteiger partial charge in [-0.3, -0.25) is 19.5 Å². The Bertz CT molecular complexity index is 1880. The van der Waals surface area contributed by atoms with Gasteiger partial charge in [0.15, 0.2) is 0 Å². The number of hydrogen-bond acceptors (Lipinski definition) is 5. The number of carbonyl (C=O) groups excluding carboxylic acids is 2. The van der Waals surface area contributed by atoms with E-state index in [1.54, 1.807) is 30.5 Å². The highest BCUT2D eigenvalue weighted by Crippen LogP contribution is 2.39. The number of amides is 2. The van der Waals surface area contributed by atoms with Crippen molar-refractivity contribution < 1.29 is 14.3 Å². The van der Waals surface area contributed by atoms with Crippen molar-refractivity contribution in [1.82, 2.24) is 9.80 Å². The number of aliphatic imine (C=N–C) groups is 1. The zero-order valence-electron chi connectivity index (χ0n) is 22.4. The monoisotopic (exact) mass is 581 g/mol. The molecule has 0 aromatic heterocycles. The first-order valence-electron chi connectivity index (χ1n) is 13.1. The van der Waals surface area contributed by atoms with Gasteiger partial charge in [0.05, 0.1) is 21.3 Å². The molecule has 204 valence electrons. The molecule has 8 heteroatoms. The molecule has 0 spiro atoms. The highest BCUT2D eigenvalue weighted by atomic mass is 35.5. The standard InChI is InChI=1S/C33H25Cl2N3O3/c1-37(2)14-15-38-32(39)25-10-4-7-21-17-26-24(31(30(21)25)33(38)40)9-5-11-29(26)36-19-20-6-3-8-22(16-20)41-23-12-13-27(34)28(35)18-23/h3-13,16-19H,14-15H2,1-2H3. The average Bonchev–Trinajstić information content (AvgIpc) is 2.96. The van der Waals surface area contributed by atoms with Crippen LogP contribution in [0.5, 0.6) is 11.5 Å². The van der Waals surface area contributed by atoms with Crippen LogP contribution in [0.4, 0.5) is 5.69 Å². The molecule has 5 aromatic rings. The van der Waals surface area contributed by atoms with Gasteiger partial charge in [-0.15, -0.1) is 0 Å². The number of halogens is 2. The van der Waals surface area contributed by atoms with Gasteiger partial charge in [0.1, 0.15) is 11.5 Å². The van der Waals surface area contributed by atoms with E-state index in [4.69, 9.17) is 32.9 Å². The van der Waals surface area contributed by atoms with Gasteiger partial charge in [-0.05, 0) is 72.9 Å². The van der Waals surface area contributed by atoms with Crippen LogP contribution in [0.2, 0.25) is 10.0 Å². The van der Waals surface area contributed by atoms with Crippen LogP contribution >= 0.6 is 23.2 Å². The van der Waals surface area contributed by atoms with Crippen LogP contribution in [0.25, 0.3) is 21.5 Å². The lowest BCUT2D eigenvalue weighted by Gasteiger charge is -2.29.